The van der Waals surface area contributed by atoms with Gasteiger partial charge in [0.2, 0.25) is 5.91 Å². The Balaban J connectivity index is 2.06. The molecule has 9 heteroatoms. The van der Waals surface area contributed by atoms with Crippen LogP contribution in [-0.4, -0.2) is 73.9 Å². The van der Waals surface area contributed by atoms with E-state index >= 15 is 0 Å². The van der Waals surface area contributed by atoms with Gasteiger partial charge in [-0.1, -0.05) is 30.0 Å². The summed E-state index contributed by atoms with van der Waals surface area (Å²) in [5, 5.41) is 2.78. The molecule has 1 heterocycles. The summed E-state index contributed by atoms with van der Waals surface area (Å²) in [6.07, 6.45) is 1.73. The fraction of sp³-hybridized carbons (Fsp3) is 0.389. The first-order valence-electron chi connectivity index (χ1n) is 8.24. The van der Waals surface area contributed by atoms with Gasteiger partial charge in [-0.3, -0.25) is 14.5 Å². The summed E-state index contributed by atoms with van der Waals surface area (Å²) in [4.78, 5) is 28.4. The van der Waals surface area contributed by atoms with Crippen LogP contribution in [0.25, 0.3) is 6.08 Å². The topological polar surface area (TPSA) is 71.1 Å². The van der Waals surface area contributed by atoms with Crippen molar-refractivity contribution in [1.29, 1.82) is 0 Å². The van der Waals surface area contributed by atoms with E-state index < -0.39 is 0 Å². The van der Waals surface area contributed by atoms with Gasteiger partial charge < -0.3 is 19.7 Å². The fourth-order valence-corrected chi connectivity index (χ4v) is 3.60. The quantitative estimate of drug-likeness (QED) is 0.516. The molecule has 0 aliphatic carbocycles. The normalized spacial score (nSPS) is 15.6. The standard InChI is InChI=1S/C18H23N3O4S2/c1-20(2)8-7-19-16(22)11-21-17(23)15(27-18(21)26)10-12-5-6-13(24-3)14(9-12)25-4/h5-6,9-10H,7-8,11H2,1-4H3,(H,19,22). The molecule has 0 aromatic heterocycles. The monoisotopic (exact) mass is 409 g/mol. The SMILES string of the molecule is COc1ccc(C=C2SC(=S)N(CC(=O)NCCN(C)C)C2=O)cc1OC. The minimum atomic E-state index is -0.275. The number of amides is 2. The molecule has 0 atom stereocenters. The van der Waals surface area contributed by atoms with Crippen molar-refractivity contribution in [3.8, 4) is 11.5 Å². The van der Waals surface area contributed by atoms with Gasteiger partial charge in [0.1, 0.15) is 10.9 Å². The number of hydrogen-bond acceptors (Lipinski definition) is 7. The van der Waals surface area contributed by atoms with Gasteiger partial charge in [-0.25, -0.2) is 0 Å². The number of ether oxygens (including phenoxy) is 2. The van der Waals surface area contributed by atoms with Crippen LogP contribution in [0.1, 0.15) is 5.56 Å². The molecule has 2 amide bonds. The molecule has 0 spiro atoms. The molecule has 27 heavy (non-hydrogen) atoms. The number of thiocarbonyl (C=S) groups is 1. The summed E-state index contributed by atoms with van der Waals surface area (Å²) >= 11 is 6.45. The molecule has 1 aromatic rings. The van der Waals surface area contributed by atoms with Gasteiger partial charge in [-0.15, -0.1) is 0 Å². The number of hydrogen-bond donors (Lipinski definition) is 1. The number of likely N-dealkylation sites (N-methyl/N-ethyl adjacent to an activating group) is 1. The third kappa shape index (κ3) is 5.69. The van der Waals surface area contributed by atoms with Gasteiger partial charge in [-0.05, 0) is 37.9 Å². The maximum absolute atomic E-state index is 12.6. The van der Waals surface area contributed by atoms with E-state index in [0.29, 0.717) is 27.3 Å². The van der Waals surface area contributed by atoms with E-state index in [2.05, 4.69) is 5.32 Å². The van der Waals surface area contributed by atoms with Gasteiger partial charge in [0.05, 0.1) is 19.1 Å². The van der Waals surface area contributed by atoms with Crippen LogP contribution >= 0.6 is 24.0 Å². The van der Waals surface area contributed by atoms with Crippen LogP contribution in [0.5, 0.6) is 11.5 Å². The van der Waals surface area contributed by atoms with Crippen LogP contribution in [0.15, 0.2) is 23.1 Å². The van der Waals surface area contributed by atoms with Gasteiger partial charge in [-0.2, -0.15) is 0 Å². The van der Waals surface area contributed by atoms with Crippen LogP contribution in [-0.2, 0) is 9.59 Å². The Morgan fingerprint density at radius 3 is 2.63 bits per heavy atom. The smallest absolute Gasteiger partial charge is 0.266 e. The molecule has 7 nitrogen and oxygen atoms in total. The second-order valence-corrected chi connectivity index (χ2v) is 7.71. The van der Waals surface area contributed by atoms with Crippen LogP contribution < -0.4 is 14.8 Å². The Hall–Kier alpha value is -2.10. The molecule has 0 saturated carbocycles. The van der Waals surface area contributed by atoms with E-state index in [-0.39, 0.29) is 18.4 Å². The van der Waals surface area contributed by atoms with Gasteiger partial charge in [0, 0.05) is 13.1 Å². The van der Waals surface area contributed by atoms with Crippen molar-refractivity contribution in [3.05, 3.63) is 28.7 Å². The third-order valence-corrected chi connectivity index (χ3v) is 5.14. The highest BCUT2D eigenvalue weighted by atomic mass is 32.2. The molecule has 0 unspecified atom stereocenters. The number of thioether (sulfide) groups is 1. The summed E-state index contributed by atoms with van der Waals surface area (Å²) in [5.74, 6) is 0.668. The lowest BCUT2D eigenvalue weighted by atomic mass is 10.2. The van der Waals surface area contributed by atoms with Crippen molar-refractivity contribution >= 4 is 46.2 Å². The lowest BCUT2D eigenvalue weighted by molar-refractivity contribution is -0.128. The van der Waals surface area contributed by atoms with Gasteiger partial charge in [0.15, 0.2) is 11.5 Å². The number of nitrogens with one attached hydrogen (secondary N) is 1. The molecule has 1 aromatic carbocycles. The highest BCUT2D eigenvalue weighted by Crippen LogP contribution is 2.34. The molecular weight excluding hydrogens is 386 g/mol. The van der Waals surface area contributed by atoms with E-state index in [4.69, 9.17) is 21.7 Å². The van der Waals surface area contributed by atoms with Gasteiger partial charge in [0.25, 0.3) is 5.91 Å². The highest BCUT2D eigenvalue weighted by molar-refractivity contribution is 8.26. The predicted molar refractivity (Wildman–Crippen MR) is 111 cm³/mol. The molecule has 0 radical (unpaired) electrons. The Morgan fingerprint density at radius 2 is 2.00 bits per heavy atom. The van der Waals surface area contributed by atoms with E-state index in [1.165, 1.54) is 16.7 Å². The maximum atomic E-state index is 12.6. The van der Waals surface area contributed by atoms with Crippen molar-refractivity contribution < 1.29 is 19.1 Å². The summed E-state index contributed by atoms with van der Waals surface area (Å²) in [6.45, 7) is 1.16. The van der Waals surface area contributed by atoms with Crippen molar-refractivity contribution in [1.82, 2.24) is 15.1 Å². The van der Waals surface area contributed by atoms with Crippen molar-refractivity contribution in [2.24, 2.45) is 0 Å². The van der Waals surface area contributed by atoms with E-state index in [1.807, 2.05) is 25.1 Å². The first-order chi connectivity index (χ1) is 12.8. The molecular formula is C18H23N3O4S2. The van der Waals surface area contributed by atoms with Crippen molar-refractivity contribution in [2.75, 3.05) is 47.9 Å². The minimum Gasteiger partial charge on any atom is -0.493 e. The van der Waals surface area contributed by atoms with Crippen molar-refractivity contribution in [3.63, 3.8) is 0 Å². The Kier molecular flexibility index (Phi) is 7.64. The molecule has 1 aliphatic rings. The number of nitrogens with zero attached hydrogens (tertiary/aromatic N) is 2. The summed E-state index contributed by atoms with van der Waals surface area (Å²) in [5.41, 5.74) is 0.781. The first-order valence-corrected chi connectivity index (χ1v) is 9.47. The van der Waals surface area contributed by atoms with Crippen molar-refractivity contribution in [2.45, 2.75) is 0 Å². The Morgan fingerprint density at radius 1 is 1.30 bits per heavy atom. The first kappa shape index (κ1) is 21.2. The average molecular weight is 410 g/mol. The molecule has 1 aliphatic heterocycles. The summed E-state index contributed by atoms with van der Waals surface area (Å²) < 4.78 is 10.9. The molecule has 1 fully saturated rings. The molecule has 1 N–H and O–H groups in total. The summed E-state index contributed by atoms with van der Waals surface area (Å²) in [6, 6.07) is 5.37. The number of benzene rings is 1. The zero-order valence-electron chi connectivity index (χ0n) is 15.8. The van der Waals surface area contributed by atoms with Crippen LogP contribution in [0.3, 0.4) is 0 Å². The van der Waals surface area contributed by atoms with Crippen LogP contribution in [0.2, 0.25) is 0 Å². The summed E-state index contributed by atoms with van der Waals surface area (Å²) in [7, 11) is 6.96. The zero-order chi connectivity index (χ0) is 20.0. The van der Waals surface area contributed by atoms with Gasteiger partial charge >= 0.3 is 0 Å². The Bertz CT molecular complexity index is 765. The predicted octanol–water partition coefficient (Wildman–Crippen LogP) is 1.58. The van der Waals surface area contributed by atoms with E-state index in [0.717, 1.165) is 12.1 Å². The van der Waals surface area contributed by atoms with E-state index in [1.54, 1.807) is 32.4 Å². The average Bonchev–Trinajstić information content (AvgIpc) is 2.88. The largest absolute Gasteiger partial charge is 0.493 e. The number of carbonyl (C=O) groups excluding carboxylic acids is 2. The highest BCUT2D eigenvalue weighted by Gasteiger charge is 2.33. The second-order valence-electron chi connectivity index (χ2n) is 6.04. The van der Waals surface area contributed by atoms with Crippen LogP contribution in [0.4, 0.5) is 0 Å². The molecule has 0 bridgehead atoms. The lowest BCUT2D eigenvalue weighted by Crippen LogP contribution is -2.41. The zero-order valence-corrected chi connectivity index (χ0v) is 17.4. The molecule has 2 rings (SSSR count). The number of methoxy groups -OCH3 is 2. The second kappa shape index (κ2) is 9.72. The third-order valence-electron chi connectivity index (χ3n) is 3.76. The Labute approximate surface area is 168 Å². The molecule has 1 saturated heterocycles. The lowest BCUT2D eigenvalue weighted by Gasteiger charge is -2.15. The van der Waals surface area contributed by atoms with E-state index in [9.17, 15) is 9.59 Å². The molecule has 146 valence electrons. The minimum absolute atomic E-state index is 0.0820. The number of carbonyl (C=O) groups is 2. The van der Waals surface area contributed by atoms with Crippen LogP contribution in [0, 0.1) is 0 Å². The number of rotatable bonds is 8. The fourth-order valence-electron chi connectivity index (χ4n) is 2.35. The maximum Gasteiger partial charge on any atom is 0.266 e.